The van der Waals surface area contributed by atoms with Crippen LogP contribution in [0.4, 0.5) is 5.13 Å². The minimum absolute atomic E-state index is 0.0850. The second kappa shape index (κ2) is 6.14. The van der Waals surface area contributed by atoms with Crippen molar-refractivity contribution in [2.24, 2.45) is 0 Å². The Morgan fingerprint density at radius 2 is 1.85 bits per heavy atom. The molecular weight excluding hydrogens is 428 g/mol. The summed E-state index contributed by atoms with van der Waals surface area (Å²) in [5, 5.41) is 2.80. The summed E-state index contributed by atoms with van der Waals surface area (Å²) >= 11 is 4.77. The third-order valence-electron chi connectivity index (χ3n) is 4.59. The summed E-state index contributed by atoms with van der Waals surface area (Å²) in [5.74, 6) is -0.266. The van der Waals surface area contributed by atoms with Crippen molar-refractivity contribution in [3.8, 4) is 0 Å². The molecule has 0 radical (unpaired) electrons. The number of aromatic nitrogens is 1. The maximum Gasteiger partial charge on any atom is 0.297 e. The molecule has 3 heterocycles. The standard InChI is InChI=1S/C20H11BrN2O3S/c21-12-7-5-11(6-8-12)16-15-17(24)13-3-1-2-4-14(13)26-18(15)19(25)23(16)20-22-9-10-27-20/h1-10,16H/t16-/m0/s1. The second-order valence-electron chi connectivity index (χ2n) is 6.11. The summed E-state index contributed by atoms with van der Waals surface area (Å²) in [4.78, 5) is 32.3. The van der Waals surface area contributed by atoms with Gasteiger partial charge in [0.2, 0.25) is 5.76 Å². The van der Waals surface area contributed by atoms with Gasteiger partial charge in [-0.25, -0.2) is 4.98 Å². The molecule has 1 aliphatic rings. The van der Waals surface area contributed by atoms with Gasteiger partial charge in [0, 0.05) is 16.0 Å². The Hall–Kier alpha value is -2.77. The summed E-state index contributed by atoms with van der Waals surface area (Å²) in [6, 6.07) is 14.0. The zero-order valence-electron chi connectivity index (χ0n) is 13.8. The first kappa shape index (κ1) is 16.4. The largest absolute Gasteiger partial charge is 0.450 e. The van der Waals surface area contributed by atoms with Crippen molar-refractivity contribution in [2.75, 3.05) is 4.90 Å². The third-order valence-corrected chi connectivity index (χ3v) is 5.89. The van der Waals surface area contributed by atoms with Gasteiger partial charge in [0.15, 0.2) is 10.6 Å². The fourth-order valence-corrected chi connectivity index (χ4v) is 4.34. The van der Waals surface area contributed by atoms with Crippen molar-refractivity contribution in [3.63, 3.8) is 0 Å². The molecule has 1 amide bonds. The van der Waals surface area contributed by atoms with E-state index in [0.717, 1.165) is 10.0 Å². The van der Waals surface area contributed by atoms with E-state index < -0.39 is 6.04 Å². The highest BCUT2D eigenvalue weighted by atomic mass is 79.9. The van der Waals surface area contributed by atoms with Crippen LogP contribution in [0.3, 0.4) is 0 Å². The van der Waals surface area contributed by atoms with E-state index in [2.05, 4.69) is 20.9 Å². The smallest absolute Gasteiger partial charge is 0.297 e. The van der Waals surface area contributed by atoms with E-state index in [1.807, 2.05) is 24.3 Å². The van der Waals surface area contributed by atoms with E-state index in [1.165, 1.54) is 11.3 Å². The highest BCUT2D eigenvalue weighted by molar-refractivity contribution is 9.10. The maximum atomic E-state index is 13.3. The predicted molar refractivity (Wildman–Crippen MR) is 107 cm³/mol. The molecule has 0 spiro atoms. The molecule has 7 heteroatoms. The number of nitrogens with zero attached hydrogens (tertiary/aromatic N) is 2. The number of rotatable bonds is 2. The number of hydrogen-bond acceptors (Lipinski definition) is 5. The van der Waals surface area contributed by atoms with Crippen LogP contribution in [0.15, 0.2) is 73.8 Å². The molecule has 0 saturated carbocycles. The van der Waals surface area contributed by atoms with Crippen molar-refractivity contribution >= 4 is 49.3 Å². The van der Waals surface area contributed by atoms with Gasteiger partial charge in [-0.15, -0.1) is 11.3 Å². The highest BCUT2D eigenvalue weighted by Crippen LogP contribution is 2.41. The molecule has 0 bridgehead atoms. The van der Waals surface area contributed by atoms with Crippen molar-refractivity contribution in [1.82, 2.24) is 4.98 Å². The fraction of sp³-hybridized carbons (Fsp3) is 0.0500. The lowest BCUT2D eigenvalue weighted by atomic mass is 9.99. The predicted octanol–water partition coefficient (Wildman–Crippen LogP) is 4.76. The molecule has 5 rings (SSSR count). The number of benzene rings is 2. The zero-order chi connectivity index (χ0) is 18.5. The Kier molecular flexibility index (Phi) is 3.73. The van der Waals surface area contributed by atoms with Gasteiger partial charge in [0.1, 0.15) is 5.58 Å². The van der Waals surface area contributed by atoms with Crippen LogP contribution < -0.4 is 10.3 Å². The first-order valence-corrected chi connectivity index (χ1v) is 9.86. The van der Waals surface area contributed by atoms with Crippen LogP contribution in [0.25, 0.3) is 11.0 Å². The molecule has 1 atom stereocenters. The Morgan fingerprint density at radius 3 is 2.59 bits per heavy atom. The quantitative estimate of drug-likeness (QED) is 0.452. The van der Waals surface area contributed by atoms with Crippen molar-refractivity contribution in [3.05, 3.63) is 91.7 Å². The first-order chi connectivity index (χ1) is 13.1. The molecule has 132 valence electrons. The van der Waals surface area contributed by atoms with Crippen molar-refractivity contribution < 1.29 is 9.21 Å². The number of amides is 1. The van der Waals surface area contributed by atoms with E-state index in [1.54, 1.807) is 40.7 Å². The monoisotopic (exact) mass is 438 g/mol. The second-order valence-corrected chi connectivity index (χ2v) is 7.90. The maximum absolute atomic E-state index is 13.3. The number of carbonyl (C=O) groups excluding carboxylic acids is 1. The van der Waals surface area contributed by atoms with E-state index in [-0.39, 0.29) is 17.1 Å². The van der Waals surface area contributed by atoms with Crippen LogP contribution in [-0.2, 0) is 0 Å². The van der Waals surface area contributed by atoms with E-state index in [9.17, 15) is 9.59 Å². The minimum atomic E-state index is -0.576. The van der Waals surface area contributed by atoms with Crippen molar-refractivity contribution in [2.45, 2.75) is 6.04 Å². The van der Waals surface area contributed by atoms with Crippen molar-refractivity contribution in [1.29, 1.82) is 0 Å². The number of hydrogen-bond donors (Lipinski definition) is 0. The van der Waals surface area contributed by atoms with E-state index in [4.69, 9.17) is 4.42 Å². The molecule has 0 N–H and O–H groups in total. The molecule has 1 aliphatic heterocycles. The fourth-order valence-electron chi connectivity index (χ4n) is 3.41. The van der Waals surface area contributed by atoms with Gasteiger partial charge in [0.05, 0.1) is 17.0 Å². The Balaban J connectivity index is 1.83. The third kappa shape index (κ3) is 2.46. The number of halogens is 1. The number of para-hydroxylation sites is 1. The van der Waals surface area contributed by atoms with Crippen LogP contribution in [-0.4, -0.2) is 10.9 Å². The molecule has 0 aliphatic carbocycles. The molecule has 2 aromatic heterocycles. The van der Waals surface area contributed by atoms with Crippen LogP contribution in [0.5, 0.6) is 0 Å². The number of fused-ring (bicyclic) bond motifs is 2. The molecule has 2 aromatic carbocycles. The number of carbonyl (C=O) groups is 1. The molecule has 0 fully saturated rings. The first-order valence-electron chi connectivity index (χ1n) is 8.19. The Labute approximate surface area is 166 Å². The van der Waals surface area contributed by atoms with E-state index in [0.29, 0.717) is 21.7 Å². The summed E-state index contributed by atoms with van der Waals surface area (Å²) in [6.45, 7) is 0. The van der Waals surface area contributed by atoms with E-state index >= 15 is 0 Å². The van der Waals surface area contributed by atoms with Gasteiger partial charge >= 0.3 is 0 Å². The van der Waals surface area contributed by atoms with Crippen LogP contribution in [0.1, 0.15) is 27.7 Å². The molecular formula is C20H11BrN2O3S. The lowest BCUT2D eigenvalue weighted by Crippen LogP contribution is -2.29. The summed E-state index contributed by atoms with van der Waals surface area (Å²) < 4.78 is 6.80. The van der Waals surface area contributed by atoms with Gasteiger partial charge in [-0.1, -0.05) is 40.2 Å². The summed E-state index contributed by atoms with van der Waals surface area (Å²) in [6.07, 6.45) is 1.64. The van der Waals surface area contributed by atoms with Gasteiger partial charge in [0.25, 0.3) is 5.91 Å². The number of thiazole rings is 1. The lowest BCUT2D eigenvalue weighted by molar-refractivity contribution is 0.0971. The molecule has 5 nitrogen and oxygen atoms in total. The minimum Gasteiger partial charge on any atom is -0.450 e. The van der Waals surface area contributed by atoms with Gasteiger partial charge in [-0.05, 0) is 29.8 Å². The van der Waals surface area contributed by atoms with Gasteiger partial charge in [-0.2, -0.15) is 0 Å². The van der Waals surface area contributed by atoms with Gasteiger partial charge < -0.3 is 4.42 Å². The summed E-state index contributed by atoms with van der Waals surface area (Å²) in [5.41, 5.74) is 1.40. The molecule has 27 heavy (non-hydrogen) atoms. The topological polar surface area (TPSA) is 63.4 Å². The average molecular weight is 439 g/mol. The van der Waals surface area contributed by atoms with Crippen LogP contribution >= 0.6 is 27.3 Å². The highest BCUT2D eigenvalue weighted by Gasteiger charge is 2.44. The molecule has 4 aromatic rings. The zero-order valence-corrected chi connectivity index (χ0v) is 16.2. The average Bonchev–Trinajstić information content (AvgIpc) is 3.30. The van der Waals surface area contributed by atoms with Gasteiger partial charge in [-0.3, -0.25) is 14.5 Å². The molecule has 0 unspecified atom stereocenters. The Bertz CT molecular complexity index is 1230. The lowest BCUT2D eigenvalue weighted by Gasteiger charge is -2.22. The van der Waals surface area contributed by atoms with Crippen LogP contribution in [0.2, 0.25) is 0 Å². The summed E-state index contributed by atoms with van der Waals surface area (Å²) in [7, 11) is 0. The number of anilines is 1. The SMILES string of the molecule is O=C1c2oc3ccccc3c(=O)c2[C@H](c2ccc(Br)cc2)N1c1nccs1. The molecule has 0 saturated heterocycles. The Morgan fingerprint density at radius 1 is 1.07 bits per heavy atom. The van der Waals surface area contributed by atoms with Crippen LogP contribution in [0, 0.1) is 0 Å². The normalized spacial score (nSPS) is 16.1.